The van der Waals surface area contributed by atoms with E-state index in [0.717, 1.165) is 25.7 Å². The minimum absolute atomic E-state index is 0.00915. The van der Waals surface area contributed by atoms with Crippen LogP contribution in [0.2, 0.25) is 0 Å². The van der Waals surface area contributed by atoms with Crippen LogP contribution in [0.5, 0.6) is 0 Å². The zero-order valence-electron chi connectivity index (χ0n) is 19.5. The van der Waals surface area contributed by atoms with Crippen molar-refractivity contribution < 1.29 is 23.1 Å². The van der Waals surface area contributed by atoms with Crippen LogP contribution in [-0.2, 0) is 15.0 Å². The van der Waals surface area contributed by atoms with Crippen molar-refractivity contribution in [2.75, 3.05) is 39.5 Å². The van der Waals surface area contributed by atoms with Crippen LogP contribution >= 0.6 is 23.5 Å². The summed E-state index contributed by atoms with van der Waals surface area (Å²) in [6, 6.07) is -0.0767. The van der Waals surface area contributed by atoms with Gasteiger partial charge in [0, 0.05) is 39.3 Å². The van der Waals surface area contributed by atoms with Gasteiger partial charge in [0.1, 0.15) is 0 Å². The maximum absolute atomic E-state index is 13.4. The first-order valence-electron chi connectivity index (χ1n) is 11.4. The van der Waals surface area contributed by atoms with E-state index in [-0.39, 0.29) is 28.4 Å². The second kappa shape index (κ2) is 11.6. The quantitative estimate of drug-likeness (QED) is 0.526. The number of carboxylic acids is 1. The number of carboxylic acid groups (broad SMARTS) is 1. The van der Waals surface area contributed by atoms with Gasteiger partial charge in [-0.2, -0.15) is 17.0 Å². The third kappa shape index (κ3) is 7.00. The number of amides is 2. The molecule has 2 amide bonds. The Balaban J connectivity index is 1.64. The van der Waals surface area contributed by atoms with Crippen LogP contribution in [0.4, 0.5) is 4.79 Å². The van der Waals surface area contributed by atoms with E-state index in [0.29, 0.717) is 43.6 Å². The average Bonchev–Trinajstić information content (AvgIpc) is 3.21. The molecule has 0 aromatic carbocycles. The van der Waals surface area contributed by atoms with Crippen molar-refractivity contribution in [1.29, 1.82) is 0 Å². The monoisotopic (exact) mass is 521 g/mol. The van der Waals surface area contributed by atoms with Crippen LogP contribution in [0.1, 0.15) is 45.4 Å². The Morgan fingerprint density at radius 1 is 1.15 bits per heavy atom. The van der Waals surface area contributed by atoms with Gasteiger partial charge in [0.15, 0.2) is 5.17 Å². The number of nitrogens with one attached hydrogen (secondary N) is 1. The number of thioether (sulfide) groups is 2. The fourth-order valence-corrected chi connectivity index (χ4v) is 7.65. The predicted octanol–water partition coefficient (Wildman–Crippen LogP) is 2.09. The first kappa shape index (κ1) is 26.6. The highest BCUT2D eigenvalue weighted by atomic mass is 32.2. The Bertz CT molecular complexity index is 837. The van der Waals surface area contributed by atoms with Crippen LogP contribution in [-0.4, -0.2) is 100 Å². The van der Waals surface area contributed by atoms with E-state index in [9.17, 15) is 18.0 Å². The number of carbonyl (C=O) groups excluding carboxylic acids is 1. The van der Waals surface area contributed by atoms with E-state index in [1.807, 2.05) is 4.90 Å². The molecule has 188 valence electrons. The average molecular weight is 522 g/mol. The van der Waals surface area contributed by atoms with Crippen molar-refractivity contribution in [1.82, 2.24) is 18.8 Å². The molecule has 1 saturated heterocycles. The van der Waals surface area contributed by atoms with E-state index in [1.54, 1.807) is 0 Å². The summed E-state index contributed by atoms with van der Waals surface area (Å²) in [7, 11) is -0.389. The van der Waals surface area contributed by atoms with Crippen LogP contribution in [0.15, 0.2) is 4.99 Å². The van der Waals surface area contributed by atoms with Crippen molar-refractivity contribution in [3.05, 3.63) is 0 Å². The minimum atomic E-state index is -3.46. The highest BCUT2D eigenvalue weighted by molar-refractivity contribution is 8.25. The molecule has 1 aliphatic carbocycles. The Labute approximate surface area is 205 Å². The standard InChI is InChI=1S/C20H35N5O5S3/c1-14-4-6-15(7-5-14)25(16-8-10-24(11-9-16)33(29,30)23(2)3)20(28)22-19-21-12-18(32-19)31-13-17(26)27/h14-16,18H,4-13H2,1-3H3,(H,26,27)(H,21,22,28)/t14-,15-,18?. The topological polar surface area (TPSA) is 123 Å². The predicted molar refractivity (Wildman–Crippen MR) is 133 cm³/mol. The zero-order valence-corrected chi connectivity index (χ0v) is 21.9. The number of carbonyl (C=O) groups is 2. The molecule has 0 aromatic heterocycles. The lowest BCUT2D eigenvalue weighted by atomic mass is 9.85. The SMILES string of the molecule is CN(C)S(=O)(=O)N1CCC(N(C(=O)NC2=NCC(SCC(=O)O)S2)[C@H]2CC[C@H](C)CC2)CC1. The molecule has 3 aliphatic rings. The highest BCUT2D eigenvalue weighted by Crippen LogP contribution is 2.33. The second-order valence-electron chi connectivity index (χ2n) is 9.07. The second-order valence-corrected chi connectivity index (χ2v) is 13.9. The lowest BCUT2D eigenvalue weighted by Crippen LogP contribution is -2.57. The molecule has 2 heterocycles. The summed E-state index contributed by atoms with van der Waals surface area (Å²) in [4.78, 5) is 30.6. The number of piperidine rings is 1. The summed E-state index contributed by atoms with van der Waals surface area (Å²) in [6.07, 6.45) is 5.24. The van der Waals surface area contributed by atoms with Gasteiger partial charge in [-0.1, -0.05) is 18.7 Å². The number of urea groups is 1. The summed E-state index contributed by atoms with van der Waals surface area (Å²) in [5.41, 5.74) is 0. The maximum Gasteiger partial charge on any atom is 0.323 e. The first-order valence-corrected chi connectivity index (χ1v) is 14.7. The molecule has 0 spiro atoms. The molecule has 2 aliphatic heterocycles. The molecule has 0 bridgehead atoms. The number of hydrogen-bond donors (Lipinski definition) is 2. The number of hydrogen-bond acceptors (Lipinski definition) is 7. The van der Waals surface area contributed by atoms with E-state index < -0.39 is 16.2 Å². The van der Waals surface area contributed by atoms with Gasteiger partial charge in [0.25, 0.3) is 10.2 Å². The summed E-state index contributed by atoms with van der Waals surface area (Å²) in [6.45, 7) is 3.49. The molecular formula is C20H35N5O5S3. The molecule has 10 nitrogen and oxygen atoms in total. The van der Waals surface area contributed by atoms with Gasteiger partial charge in [0.2, 0.25) is 0 Å². The van der Waals surface area contributed by atoms with Gasteiger partial charge in [-0.15, -0.1) is 11.8 Å². The van der Waals surface area contributed by atoms with Crippen molar-refractivity contribution in [3.8, 4) is 0 Å². The Morgan fingerprint density at radius 3 is 2.33 bits per heavy atom. The number of rotatable bonds is 7. The van der Waals surface area contributed by atoms with Crippen LogP contribution in [0.3, 0.4) is 0 Å². The van der Waals surface area contributed by atoms with E-state index in [1.165, 1.54) is 46.2 Å². The molecule has 0 radical (unpaired) electrons. The van der Waals surface area contributed by atoms with Crippen molar-refractivity contribution in [3.63, 3.8) is 0 Å². The van der Waals surface area contributed by atoms with Gasteiger partial charge >= 0.3 is 12.0 Å². The van der Waals surface area contributed by atoms with Gasteiger partial charge < -0.3 is 10.0 Å². The fourth-order valence-electron chi connectivity index (χ4n) is 4.56. The molecule has 2 fully saturated rings. The van der Waals surface area contributed by atoms with E-state index in [2.05, 4.69) is 17.2 Å². The summed E-state index contributed by atoms with van der Waals surface area (Å²) in [5, 5.41) is 12.4. The third-order valence-corrected chi connectivity index (χ3v) is 10.9. The Morgan fingerprint density at radius 2 is 1.76 bits per heavy atom. The molecule has 13 heteroatoms. The summed E-state index contributed by atoms with van der Waals surface area (Å²) < 4.78 is 27.7. The highest BCUT2D eigenvalue weighted by Gasteiger charge is 2.38. The molecule has 1 atom stereocenters. The van der Waals surface area contributed by atoms with Crippen LogP contribution in [0, 0.1) is 5.92 Å². The minimum Gasteiger partial charge on any atom is -0.481 e. The maximum atomic E-state index is 13.4. The summed E-state index contributed by atoms with van der Waals surface area (Å²) >= 11 is 2.71. The molecule has 0 aromatic rings. The normalized spacial score (nSPS) is 27.4. The molecule has 2 N–H and O–H groups in total. The van der Waals surface area contributed by atoms with Crippen molar-refractivity contribution in [2.45, 2.75) is 62.1 Å². The van der Waals surface area contributed by atoms with Gasteiger partial charge in [-0.05, 0) is 44.4 Å². The summed E-state index contributed by atoms with van der Waals surface area (Å²) in [5.74, 6) is -0.201. The van der Waals surface area contributed by atoms with Crippen LogP contribution < -0.4 is 5.32 Å². The molecule has 3 rings (SSSR count). The lowest BCUT2D eigenvalue weighted by molar-refractivity contribution is -0.133. The van der Waals surface area contributed by atoms with Gasteiger partial charge in [0.05, 0.1) is 16.9 Å². The lowest BCUT2D eigenvalue weighted by Gasteiger charge is -2.44. The molecule has 1 unspecified atom stereocenters. The van der Waals surface area contributed by atoms with E-state index in [4.69, 9.17) is 5.11 Å². The number of aliphatic imine (C=N–C) groups is 1. The Hall–Kier alpha value is -1.02. The largest absolute Gasteiger partial charge is 0.481 e. The fraction of sp³-hybridized carbons (Fsp3) is 0.850. The number of nitrogens with zero attached hydrogens (tertiary/aromatic N) is 4. The molecular weight excluding hydrogens is 486 g/mol. The van der Waals surface area contributed by atoms with Crippen molar-refractivity contribution >= 4 is 50.9 Å². The number of amidine groups is 1. The molecule has 33 heavy (non-hydrogen) atoms. The van der Waals surface area contributed by atoms with Gasteiger partial charge in [-0.25, -0.2) is 4.79 Å². The van der Waals surface area contributed by atoms with Gasteiger partial charge in [-0.3, -0.25) is 15.1 Å². The Kier molecular flexibility index (Phi) is 9.35. The third-order valence-electron chi connectivity index (χ3n) is 6.45. The van der Waals surface area contributed by atoms with E-state index >= 15 is 0 Å². The van der Waals surface area contributed by atoms with Crippen molar-refractivity contribution in [2.24, 2.45) is 10.9 Å². The number of aliphatic carboxylic acids is 1. The molecule has 1 saturated carbocycles. The first-order chi connectivity index (χ1) is 15.6. The zero-order chi connectivity index (χ0) is 24.2. The smallest absolute Gasteiger partial charge is 0.323 e. The van der Waals surface area contributed by atoms with Crippen LogP contribution in [0.25, 0.3) is 0 Å².